The first kappa shape index (κ1) is 21.5. The van der Waals surface area contributed by atoms with Gasteiger partial charge in [-0.3, -0.25) is 14.6 Å². The zero-order chi connectivity index (χ0) is 21.7. The van der Waals surface area contributed by atoms with Gasteiger partial charge in [0, 0.05) is 35.4 Å². The third kappa shape index (κ3) is 5.44. The van der Waals surface area contributed by atoms with Crippen LogP contribution in [0.3, 0.4) is 0 Å². The molecule has 0 radical (unpaired) electrons. The minimum Gasteiger partial charge on any atom is -0.349 e. The fraction of sp³-hybridized carbons (Fsp3) is 0.286. The maximum absolute atomic E-state index is 13.4. The van der Waals surface area contributed by atoms with Gasteiger partial charge in [0.05, 0.1) is 0 Å². The minimum absolute atomic E-state index is 0.0771. The smallest absolute Gasteiger partial charge is 0.276 e. The average Bonchev–Trinajstić information content (AvgIpc) is 3.23. The first-order valence-corrected chi connectivity index (χ1v) is 10.1. The summed E-state index contributed by atoms with van der Waals surface area (Å²) in [6.07, 6.45) is 3.15. The highest BCUT2D eigenvalue weighted by molar-refractivity contribution is 7.03. The van der Waals surface area contributed by atoms with Crippen LogP contribution in [0.5, 0.6) is 0 Å². The molecule has 3 aromatic rings. The van der Waals surface area contributed by atoms with Gasteiger partial charge in [0.1, 0.15) is 11.9 Å². The number of aromatic nitrogens is 3. The molecule has 30 heavy (non-hydrogen) atoms. The molecule has 0 fully saturated rings. The highest BCUT2D eigenvalue weighted by Gasteiger charge is 2.34. The molecule has 2 amide bonds. The van der Waals surface area contributed by atoms with Crippen LogP contribution >= 0.6 is 11.5 Å². The molecule has 0 saturated heterocycles. The zero-order valence-electron chi connectivity index (χ0n) is 16.9. The maximum Gasteiger partial charge on any atom is 0.276 e. The van der Waals surface area contributed by atoms with E-state index in [2.05, 4.69) is 19.9 Å². The number of hydrogen-bond acceptors (Lipinski definition) is 6. The topological polar surface area (TPSA) is 88.1 Å². The standard InChI is InChI=1S/C21H22FN5O2S/c1-21(2,3)24-19(28)18(15-5-4-10-23-11-15)27(20(29)17-13-30-26-25-17)12-14-6-8-16(22)9-7-14/h4-11,13,18H,12H2,1-3H3,(H,24,28)/t18-/m1/s1. The zero-order valence-corrected chi connectivity index (χ0v) is 17.7. The van der Waals surface area contributed by atoms with Crippen LogP contribution in [0.25, 0.3) is 0 Å². The van der Waals surface area contributed by atoms with E-state index in [0.29, 0.717) is 11.1 Å². The third-order valence-electron chi connectivity index (χ3n) is 4.16. The summed E-state index contributed by atoms with van der Waals surface area (Å²) >= 11 is 1.05. The number of carbonyl (C=O) groups excluding carboxylic acids is 2. The van der Waals surface area contributed by atoms with Gasteiger partial charge in [0.2, 0.25) is 5.91 Å². The summed E-state index contributed by atoms with van der Waals surface area (Å²) in [4.78, 5) is 32.1. The Bertz CT molecular complexity index is 988. The van der Waals surface area contributed by atoms with Crippen LogP contribution in [0.1, 0.15) is 48.4 Å². The quantitative estimate of drug-likeness (QED) is 0.652. The van der Waals surface area contributed by atoms with Gasteiger partial charge in [-0.25, -0.2) is 4.39 Å². The van der Waals surface area contributed by atoms with E-state index < -0.39 is 17.5 Å². The van der Waals surface area contributed by atoms with Crippen molar-refractivity contribution in [3.05, 3.63) is 76.8 Å². The summed E-state index contributed by atoms with van der Waals surface area (Å²) in [5, 5.41) is 8.34. The van der Waals surface area contributed by atoms with Crippen molar-refractivity contribution < 1.29 is 14.0 Å². The molecule has 0 saturated carbocycles. The van der Waals surface area contributed by atoms with Gasteiger partial charge in [-0.15, -0.1) is 5.10 Å². The molecule has 9 heteroatoms. The molecule has 0 aliphatic carbocycles. The molecule has 1 aromatic carbocycles. The Morgan fingerprint density at radius 1 is 1.20 bits per heavy atom. The van der Waals surface area contributed by atoms with Crippen molar-refractivity contribution in [3.63, 3.8) is 0 Å². The largest absolute Gasteiger partial charge is 0.349 e. The van der Waals surface area contributed by atoms with Crippen LogP contribution in [0, 0.1) is 5.82 Å². The SMILES string of the molecule is CC(C)(C)NC(=O)[C@@H](c1cccnc1)N(Cc1ccc(F)cc1)C(=O)c1csnn1. The molecule has 0 unspecified atom stereocenters. The fourth-order valence-electron chi connectivity index (χ4n) is 2.92. The molecule has 2 aromatic heterocycles. The second-order valence-electron chi connectivity index (χ2n) is 7.78. The molecule has 1 N–H and O–H groups in total. The van der Waals surface area contributed by atoms with E-state index in [1.54, 1.807) is 36.7 Å². The second kappa shape index (κ2) is 9.08. The van der Waals surface area contributed by atoms with Crippen molar-refractivity contribution >= 4 is 23.3 Å². The van der Waals surface area contributed by atoms with Crippen molar-refractivity contribution in [1.29, 1.82) is 0 Å². The van der Waals surface area contributed by atoms with Crippen LogP contribution in [-0.2, 0) is 11.3 Å². The molecule has 0 aliphatic rings. The van der Waals surface area contributed by atoms with Crippen LogP contribution in [-0.4, -0.2) is 36.8 Å². The second-order valence-corrected chi connectivity index (χ2v) is 8.39. The fourth-order valence-corrected chi connectivity index (χ4v) is 3.35. The predicted molar refractivity (Wildman–Crippen MR) is 111 cm³/mol. The van der Waals surface area contributed by atoms with E-state index >= 15 is 0 Å². The summed E-state index contributed by atoms with van der Waals surface area (Å²) in [5.74, 6) is -1.19. The Kier molecular flexibility index (Phi) is 6.51. The minimum atomic E-state index is -0.961. The highest BCUT2D eigenvalue weighted by atomic mass is 32.1. The number of nitrogens with one attached hydrogen (secondary N) is 1. The Labute approximate surface area is 178 Å². The van der Waals surface area contributed by atoms with E-state index in [9.17, 15) is 14.0 Å². The number of hydrogen-bond donors (Lipinski definition) is 1. The molecule has 0 spiro atoms. The monoisotopic (exact) mass is 427 g/mol. The van der Waals surface area contributed by atoms with Gasteiger partial charge in [-0.1, -0.05) is 22.7 Å². The lowest BCUT2D eigenvalue weighted by Crippen LogP contribution is -2.49. The third-order valence-corrected chi connectivity index (χ3v) is 4.67. The van der Waals surface area contributed by atoms with Gasteiger partial charge in [0.15, 0.2) is 5.69 Å². The number of halogens is 1. The van der Waals surface area contributed by atoms with E-state index in [1.807, 2.05) is 20.8 Å². The van der Waals surface area contributed by atoms with Crippen molar-refractivity contribution in [2.75, 3.05) is 0 Å². The molecule has 7 nitrogen and oxygen atoms in total. The van der Waals surface area contributed by atoms with E-state index in [1.165, 1.54) is 22.4 Å². The summed E-state index contributed by atoms with van der Waals surface area (Å²) in [7, 11) is 0. The summed E-state index contributed by atoms with van der Waals surface area (Å²) < 4.78 is 17.1. The summed E-state index contributed by atoms with van der Waals surface area (Å²) in [5.41, 5.74) is 0.854. The molecule has 0 bridgehead atoms. The molecule has 156 valence electrons. The van der Waals surface area contributed by atoms with Crippen LogP contribution in [0.4, 0.5) is 4.39 Å². The van der Waals surface area contributed by atoms with E-state index in [-0.39, 0.29) is 24.0 Å². The van der Waals surface area contributed by atoms with Crippen LogP contribution in [0.15, 0.2) is 54.2 Å². The molecule has 0 aliphatic heterocycles. The molecular formula is C21H22FN5O2S. The Morgan fingerprint density at radius 2 is 1.93 bits per heavy atom. The molecule has 2 heterocycles. The van der Waals surface area contributed by atoms with Crippen LogP contribution in [0.2, 0.25) is 0 Å². The first-order chi connectivity index (χ1) is 14.2. The van der Waals surface area contributed by atoms with Crippen LogP contribution < -0.4 is 5.32 Å². The summed E-state index contributed by atoms with van der Waals surface area (Å²) in [6, 6.07) is 8.28. The lowest BCUT2D eigenvalue weighted by molar-refractivity contribution is -0.127. The van der Waals surface area contributed by atoms with Gasteiger partial charge < -0.3 is 10.2 Å². The van der Waals surface area contributed by atoms with Gasteiger partial charge >= 0.3 is 0 Å². The number of benzene rings is 1. The lowest BCUT2D eigenvalue weighted by Gasteiger charge is -2.33. The van der Waals surface area contributed by atoms with E-state index in [0.717, 1.165) is 11.5 Å². The van der Waals surface area contributed by atoms with Gasteiger partial charge in [-0.05, 0) is 56.1 Å². The maximum atomic E-state index is 13.4. The van der Waals surface area contributed by atoms with Crippen molar-refractivity contribution in [1.82, 2.24) is 24.8 Å². The van der Waals surface area contributed by atoms with Gasteiger partial charge in [-0.2, -0.15) is 0 Å². The number of pyridine rings is 1. The van der Waals surface area contributed by atoms with Crippen molar-refractivity contribution in [2.45, 2.75) is 38.9 Å². The number of amides is 2. The predicted octanol–water partition coefficient (Wildman–Crippen LogP) is 3.37. The number of nitrogens with zero attached hydrogens (tertiary/aromatic N) is 4. The Balaban J connectivity index is 2.06. The summed E-state index contributed by atoms with van der Waals surface area (Å²) in [6.45, 7) is 5.67. The Hall–Kier alpha value is -3.20. The Morgan fingerprint density at radius 3 is 2.50 bits per heavy atom. The normalized spacial score (nSPS) is 12.3. The van der Waals surface area contributed by atoms with E-state index in [4.69, 9.17) is 0 Å². The molecule has 3 rings (SSSR count). The highest BCUT2D eigenvalue weighted by Crippen LogP contribution is 2.26. The lowest BCUT2D eigenvalue weighted by atomic mass is 10.0. The number of carbonyl (C=O) groups is 2. The first-order valence-electron chi connectivity index (χ1n) is 9.29. The van der Waals surface area contributed by atoms with Gasteiger partial charge in [0.25, 0.3) is 5.91 Å². The van der Waals surface area contributed by atoms with Crippen molar-refractivity contribution in [3.8, 4) is 0 Å². The molecule has 1 atom stereocenters. The number of rotatable bonds is 6. The van der Waals surface area contributed by atoms with Crippen molar-refractivity contribution in [2.24, 2.45) is 0 Å². The molecular weight excluding hydrogens is 405 g/mol. The average molecular weight is 428 g/mol.